The molecule has 2 heterocycles. The minimum Gasteiger partial charge on any atom is -0.435 e. The number of anilines is 1. The molecule has 0 aliphatic carbocycles. The summed E-state index contributed by atoms with van der Waals surface area (Å²) in [6, 6.07) is 7.26. The van der Waals surface area contributed by atoms with E-state index in [0.717, 1.165) is 30.9 Å². The predicted molar refractivity (Wildman–Crippen MR) is 87.4 cm³/mol. The van der Waals surface area contributed by atoms with Gasteiger partial charge in [-0.15, -0.1) is 0 Å². The van der Waals surface area contributed by atoms with E-state index in [0.29, 0.717) is 13.1 Å². The zero-order valence-corrected chi connectivity index (χ0v) is 14.1. The Kier molecular flexibility index (Phi) is 5.73. The fourth-order valence-electron chi connectivity index (χ4n) is 2.97. The number of aromatic nitrogens is 2. The van der Waals surface area contributed by atoms with Gasteiger partial charge in [-0.1, -0.05) is 12.1 Å². The fraction of sp³-hybridized carbons (Fsp3) is 0.412. The zero-order valence-electron chi connectivity index (χ0n) is 14.1. The van der Waals surface area contributed by atoms with Crippen LogP contribution in [0.1, 0.15) is 17.7 Å². The lowest BCUT2D eigenvalue weighted by atomic mass is 10.2. The first-order valence-electron chi connectivity index (χ1n) is 8.21. The van der Waals surface area contributed by atoms with E-state index in [1.165, 1.54) is 6.07 Å². The van der Waals surface area contributed by atoms with Crippen molar-refractivity contribution in [3.8, 4) is 5.75 Å². The minimum absolute atomic E-state index is 0.0681. The third kappa shape index (κ3) is 5.49. The van der Waals surface area contributed by atoms with Crippen molar-refractivity contribution in [1.29, 1.82) is 0 Å². The largest absolute Gasteiger partial charge is 0.435 e. The van der Waals surface area contributed by atoms with Crippen molar-refractivity contribution in [2.75, 3.05) is 18.4 Å². The summed E-state index contributed by atoms with van der Waals surface area (Å²) in [5.74, 6) is 0.216. The van der Waals surface area contributed by atoms with Crippen LogP contribution in [0.3, 0.4) is 0 Å². The van der Waals surface area contributed by atoms with Crippen molar-refractivity contribution < 1.29 is 26.7 Å². The Morgan fingerprint density at radius 2 is 2.04 bits per heavy atom. The smallest absolute Gasteiger partial charge is 0.433 e. The molecule has 5 nitrogen and oxygen atoms in total. The molecule has 0 bridgehead atoms. The molecule has 10 heteroatoms. The van der Waals surface area contributed by atoms with Gasteiger partial charge in [0, 0.05) is 31.7 Å². The number of halogens is 5. The summed E-state index contributed by atoms with van der Waals surface area (Å²) in [7, 11) is 0. The summed E-state index contributed by atoms with van der Waals surface area (Å²) in [5, 5.41) is 2.99. The molecule has 0 radical (unpaired) electrons. The van der Waals surface area contributed by atoms with Crippen LogP contribution in [0.5, 0.6) is 5.75 Å². The summed E-state index contributed by atoms with van der Waals surface area (Å²) >= 11 is 0. The Bertz CT molecular complexity index is 771. The molecule has 1 saturated heterocycles. The quantitative estimate of drug-likeness (QED) is 0.764. The highest BCUT2D eigenvalue weighted by Crippen LogP contribution is 2.28. The number of nitrogens with zero attached hydrogens (tertiary/aromatic N) is 3. The molecule has 1 aromatic heterocycles. The number of hydrogen-bond donors (Lipinski definition) is 1. The Balaban J connectivity index is 1.56. The fourth-order valence-corrected chi connectivity index (χ4v) is 2.97. The Morgan fingerprint density at radius 1 is 1.22 bits per heavy atom. The van der Waals surface area contributed by atoms with Crippen LogP contribution in [0, 0.1) is 0 Å². The SMILES string of the molecule is FC(F)Oc1cccc(CN2CCC(Nc3cc(C(F)(F)F)ncn3)C2)c1. The van der Waals surface area contributed by atoms with Gasteiger partial charge in [-0.25, -0.2) is 9.97 Å². The van der Waals surface area contributed by atoms with Gasteiger partial charge in [-0.3, -0.25) is 4.90 Å². The van der Waals surface area contributed by atoms with Crippen LogP contribution in [-0.2, 0) is 12.7 Å². The van der Waals surface area contributed by atoms with E-state index in [1.54, 1.807) is 18.2 Å². The molecule has 1 fully saturated rings. The third-order valence-corrected chi connectivity index (χ3v) is 4.11. The monoisotopic (exact) mass is 388 g/mol. The molecule has 1 N–H and O–H groups in total. The second-order valence-corrected chi connectivity index (χ2v) is 6.18. The average molecular weight is 388 g/mol. The van der Waals surface area contributed by atoms with Gasteiger partial charge in [-0.2, -0.15) is 22.0 Å². The van der Waals surface area contributed by atoms with E-state index in [2.05, 4.69) is 24.9 Å². The normalized spacial score (nSPS) is 18.1. The molecule has 2 aromatic rings. The second-order valence-electron chi connectivity index (χ2n) is 6.18. The highest BCUT2D eigenvalue weighted by atomic mass is 19.4. The molecule has 3 rings (SSSR count). The molecule has 0 spiro atoms. The van der Waals surface area contributed by atoms with Crippen LogP contribution < -0.4 is 10.1 Å². The van der Waals surface area contributed by atoms with Crippen LogP contribution in [0.2, 0.25) is 0 Å². The number of ether oxygens (including phenoxy) is 1. The molecular formula is C17H17F5N4O. The van der Waals surface area contributed by atoms with Crippen LogP contribution in [-0.4, -0.2) is 40.6 Å². The first-order chi connectivity index (χ1) is 12.8. The number of likely N-dealkylation sites (tertiary alicyclic amines) is 1. The van der Waals surface area contributed by atoms with Gasteiger partial charge in [0.25, 0.3) is 0 Å². The second kappa shape index (κ2) is 8.03. The van der Waals surface area contributed by atoms with Crippen molar-refractivity contribution in [3.05, 3.63) is 47.9 Å². The van der Waals surface area contributed by atoms with Gasteiger partial charge >= 0.3 is 12.8 Å². The number of alkyl halides is 5. The molecule has 1 aliphatic rings. The van der Waals surface area contributed by atoms with Crippen molar-refractivity contribution in [1.82, 2.24) is 14.9 Å². The van der Waals surface area contributed by atoms with Gasteiger partial charge in [-0.05, 0) is 24.1 Å². The number of rotatable bonds is 6. The first-order valence-corrected chi connectivity index (χ1v) is 8.21. The summed E-state index contributed by atoms with van der Waals surface area (Å²) in [6.45, 7) is -1.05. The lowest BCUT2D eigenvalue weighted by Gasteiger charge is -2.18. The van der Waals surface area contributed by atoms with E-state index in [1.807, 2.05) is 0 Å². The van der Waals surface area contributed by atoms with Crippen LogP contribution in [0.15, 0.2) is 36.7 Å². The Hall–Kier alpha value is -2.49. The molecule has 27 heavy (non-hydrogen) atoms. The lowest BCUT2D eigenvalue weighted by molar-refractivity contribution is -0.141. The Labute approximate surface area is 152 Å². The topological polar surface area (TPSA) is 50.3 Å². The highest BCUT2D eigenvalue weighted by molar-refractivity contribution is 5.37. The molecule has 1 unspecified atom stereocenters. The van der Waals surface area contributed by atoms with Crippen molar-refractivity contribution in [2.45, 2.75) is 31.8 Å². The standard InChI is InChI=1S/C17H17F5N4O/c18-16(19)27-13-3-1-2-11(6-13)8-26-5-4-12(9-26)25-15-7-14(17(20,21)22)23-10-24-15/h1-3,6-7,10,12,16H,4-5,8-9H2,(H,23,24,25). The lowest BCUT2D eigenvalue weighted by Crippen LogP contribution is -2.26. The van der Waals surface area contributed by atoms with Crippen LogP contribution in [0.4, 0.5) is 27.8 Å². The van der Waals surface area contributed by atoms with Crippen LogP contribution >= 0.6 is 0 Å². The molecule has 0 saturated carbocycles. The van der Waals surface area contributed by atoms with Crippen molar-refractivity contribution in [3.63, 3.8) is 0 Å². The maximum Gasteiger partial charge on any atom is 0.433 e. The van der Waals surface area contributed by atoms with Gasteiger partial charge in [0.15, 0.2) is 0 Å². The van der Waals surface area contributed by atoms with E-state index < -0.39 is 18.5 Å². The van der Waals surface area contributed by atoms with Crippen molar-refractivity contribution in [2.24, 2.45) is 0 Å². The highest BCUT2D eigenvalue weighted by Gasteiger charge is 2.33. The summed E-state index contributed by atoms with van der Waals surface area (Å²) in [5.41, 5.74) is -0.180. The van der Waals surface area contributed by atoms with Gasteiger partial charge in [0.05, 0.1) is 0 Å². The average Bonchev–Trinajstić information content (AvgIpc) is 3.01. The molecular weight excluding hydrogens is 371 g/mol. The van der Waals surface area contributed by atoms with Crippen LogP contribution in [0.25, 0.3) is 0 Å². The molecule has 146 valence electrons. The van der Waals surface area contributed by atoms with Crippen molar-refractivity contribution >= 4 is 5.82 Å². The number of benzene rings is 1. The van der Waals surface area contributed by atoms with Gasteiger partial charge in [0.1, 0.15) is 23.6 Å². The maximum atomic E-state index is 12.7. The first kappa shape index (κ1) is 19.3. The van der Waals surface area contributed by atoms with Gasteiger partial charge in [0.2, 0.25) is 0 Å². The molecule has 1 aliphatic heterocycles. The van der Waals surface area contributed by atoms with E-state index in [-0.39, 0.29) is 17.6 Å². The molecule has 1 atom stereocenters. The predicted octanol–water partition coefficient (Wildman–Crippen LogP) is 3.78. The van der Waals surface area contributed by atoms with Gasteiger partial charge < -0.3 is 10.1 Å². The molecule has 1 aromatic carbocycles. The zero-order chi connectivity index (χ0) is 19.4. The summed E-state index contributed by atoms with van der Waals surface area (Å²) in [4.78, 5) is 9.14. The van der Waals surface area contributed by atoms with E-state index >= 15 is 0 Å². The Morgan fingerprint density at radius 3 is 2.78 bits per heavy atom. The maximum absolute atomic E-state index is 12.7. The summed E-state index contributed by atoms with van der Waals surface area (Å²) < 4.78 is 67.1. The molecule has 0 amide bonds. The third-order valence-electron chi connectivity index (χ3n) is 4.11. The number of nitrogens with one attached hydrogen (secondary N) is 1. The summed E-state index contributed by atoms with van der Waals surface area (Å²) in [6.07, 6.45) is -2.92. The number of hydrogen-bond acceptors (Lipinski definition) is 5. The van der Waals surface area contributed by atoms with E-state index in [9.17, 15) is 22.0 Å². The van der Waals surface area contributed by atoms with E-state index in [4.69, 9.17) is 0 Å². The minimum atomic E-state index is -4.52.